The van der Waals surface area contributed by atoms with Crippen molar-refractivity contribution in [3.63, 3.8) is 0 Å². The number of aliphatic hydroxyl groups is 1. The lowest BCUT2D eigenvalue weighted by atomic mass is 10.0. The molecule has 0 heterocycles. The first-order valence-corrected chi connectivity index (χ1v) is 37.3. The van der Waals surface area contributed by atoms with Gasteiger partial charge in [0.1, 0.15) is 19.3 Å². The van der Waals surface area contributed by atoms with Crippen molar-refractivity contribution in [2.75, 3.05) is 39.6 Å². The molecule has 3 N–H and O–H groups in total. The fourth-order valence-corrected chi connectivity index (χ4v) is 11.4. The Labute approximate surface area is 517 Å². The van der Waals surface area contributed by atoms with Gasteiger partial charge in [-0.15, -0.1) is 0 Å². The van der Waals surface area contributed by atoms with Crippen LogP contribution in [0, 0.1) is 17.8 Å². The molecule has 0 aromatic heterocycles. The highest BCUT2D eigenvalue weighted by atomic mass is 31.2. The zero-order chi connectivity index (χ0) is 63.1. The molecule has 0 aromatic carbocycles. The highest BCUT2D eigenvalue weighted by Crippen LogP contribution is 2.45. The second-order valence-corrected chi connectivity index (χ2v) is 28.2. The van der Waals surface area contributed by atoms with Crippen molar-refractivity contribution in [2.45, 2.75) is 343 Å². The standard InChI is InChI=1S/C66H128O17P2/c1-8-9-10-11-23-33-40-47-63(68)76-53-62(83-66(71)50-43-36-29-28-32-39-46-59(6)7)56-81-85(74,75)79-52-60(67)51-78-84(72,73)80-55-61(54-77-64(69)48-41-34-26-21-18-14-16-20-25-31-38-45-58(4)5)82-65(70)49-42-35-27-22-17-13-12-15-19-24-30-37-44-57(2)3/h57-62,67H,8-56H2,1-7H3,(H,72,73)(H,74,75)/t60-,61-,62-/m1/s1. The topological polar surface area (TPSA) is 237 Å². The summed E-state index contributed by atoms with van der Waals surface area (Å²) in [6.45, 7) is 11.7. The number of phosphoric acid groups is 2. The van der Waals surface area contributed by atoms with Gasteiger partial charge >= 0.3 is 39.5 Å². The molecule has 0 saturated carbocycles. The number of aliphatic hydroxyl groups excluding tert-OH is 1. The van der Waals surface area contributed by atoms with Crippen LogP contribution in [-0.2, 0) is 65.4 Å². The fraction of sp³-hybridized carbons (Fsp3) is 0.939. The molecule has 0 aliphatic rings. The van der Waals surface area contributed by atoms with Crippen molar-refractivity contribution in [1.29, 1.82) is 0 Å². The summed E-state index contributed by atoms with van der Waals surface area (Å²) in [5.74, 6) is 0.0773. The number of carbonyl (C=O) groups excluding carboxylic acids is 4. The monoisotopic (exact) mass is 1250 g/mol. The van der Waals surface area contributed by atoms with Crippen LogP contribution in [0.4, 0.5) is 0 Å². The van der Waals surface area contributed by atoms with E-state index in [0.29, 0.717) is 31.6 Å². The van der Waals surface area contributed by atoms with Gasteiger partial charge in [0.15, 0.2) is 12.2 Å². The van der Waals surface area contributed by atoms with Crippen LogP contribution in [0.3, 0.4) is 0 Å². The largest absolute Gasteiger partial charge is 0.472 e. The Morgan fingerprint density at radius 3 is 0.800 bits per heavy atom. The normalized spacial score (nSPS) is 14.3. The molecule has 0 aliphatic carbocycles. The van der Waals surface area contributed by atoms with E-state index >= 15 is 0 Å². The quantitative estimate of drug-likeness (QED) is 0.0222. The van der Waals surface area contributed by atoms with E-state index in [-0.39, 0.29) is 25.7 Å². The van der Waals surface area contributed by atoms with E-state index in [9.17, 15) is 43.2 Å². The summed E-state index contributed by atoms with van der Waals surface area (Å²) in [5, 5.41) is 10.5. The number of rotatable bonds is 64. The summed E-state index contributed by atoms with van der Waals surface area (Å²) in [4.78, 5) is 72.2. The van der Waals surface area contributed by atoms with Gasteiger partial charge in [0, 0.05) is 25.7 Å². The summed E-state index contributed by atoms with van der Waals surface area (Å²) in [5.41, 5.74) is 0. The number of carbonyl (C=O) groups is 4. The molecular weight excluding hydrogens is 1130 g/mol. The zero-order valence-electron chi connectivity index (χ0n) is 55.1. The number of unbranched alkanes of at least 4 members (excludes halogenated alkanes) is 32. The Bertz CT molecular complexity index is 1680. The Morgan fingerprint density at radius 2 is 0.541 bits per heavy atom. The van der Waals surface area contributed by atoms with Crippen LogP contribution in [0.25, 0.3) is 0 Å². The summed E-state index contributed by atoms with van der Waals surface area (Å²) in [6.07, 6.45) is 39.2. The second kappa shape index (κ2) is 57.2. The van der Waals surface area contributed by atoms with Crippen LogP contribution in [0.5, 0.6) is 0 Å². The van der Waals surface area contributed by atoms with Crippen molar-refractivity contribution >= 4 is 39.5 Å². The lowest BCUT2D eigenvalue weighted by Gasteiger charge is -2.21. The lowest BCUT2D eigenvalue weighted by molar-refractivity contribution is -0.161. The molecule has 19 heteroatoms. The second-order valence-electron chi connectivity index (χ2n) is 25.3. The Hall–Kier alpha value is -1.94. The molecule has 0 amide bonds. The predicted molar refractivity (Wildman–Crippen MR) is 340 cm³/mol. The predicted octanol–water partition coefficient (Wildman–Crippen LogP) is 18.3. The number of hydrogen-bond acceptors (Lipinski definition) is 15. The maximum absolute atomic E-state index is 13.0. The van der Waals surface area contributed by atoms with Crippen molar-refractivity contribution in [3.8, 4) is 0 Å². The molecule has 0 aromatic rings. The van der Waals surface area contributed by atoms with Crippen LogP contribution in [-0.4, -0.2) is 96.7 Å². The molecule has 0 saturated heterocycles. The molecule has 504 valence electrons. The maximum atomic E-state index is 13.0. The third-order valence-corrected chi connectivity index (χ3v) is 17.0. The van der Waals surface area contributed by atoms with Crippen molar-refractivity contribution < 1.29 is 80.2 Å². The van der Waals surface area contributed by atoms with Gasteiger partial charge in [-0.2, -0.15) is 0 Å². The van der Waals surface area contributed by atoms with Gasteiger partial charge in [0.25, 0.3) is 0 Å². The van der Waals surface area contributed by atoms with Gasteiger partial charge in [0.05, 0.1) is 26.4 Å². The van der Waals surface area contributed by atoms with E-state index in [4.69, 9.17) is 37.0 Å². The molecule has 0 rings (SSSR count). The minimum absolute atomic E-state index is 0.101. The third kappa shape index (κ3) is 60.7. The first kappa shape index (κ1) is 83.1. The molecule has 2 unspecified atom stereocenters. The van der Waals surface area contributed by atoms with Crippen LogP contribution >= 0.6 is 15.6 Å². The van der Waals surface area contributed by atoms with Gasteiger partial charge in [-0.05, 0) is 43.4 Å². The van der Waals surface area contributed by atoms with E-state index in [1.165, 1.54) is 122 Å². The average Bonchev–Trinajstić information content (AvgIpc) is 3.48. The van der Waals surface area contributed by atoms with E-state index in [2.05, 4.69) is 48.5 Å². The minimum atomic E-state index is -4.95. The molecule has 0 fully saturated rings. The first-order chi connectivity index (χ1) is 40.7. The van der Waals surface area contributed by atoms with Crippen LogP contribution < -0.4 is 0 Å². The van der Waals surface area contributed by atoms with Crippen LogP contribution in [0.15, 0.2) is 0 Å². The van der Waals surface area contributed by atoms with Crippen molar-refractivity contribution in [2.24, 2.45) is 17.8 Å². The van der Waals surface area contributed by atoms with Gasteiger partial charge in [-0.3, -0.25) is 37.3 Å². The zero-order valence-corrected chi connectivity index (χ0v) is 56.9. The molecule has 5 atom stereocenters. The van der Waals surface area contributed by atoms with Gasteiger partial charge in [-0.25, -0.2) is 9.13 Å². The number of phosphoric ester groups is 2. The molecular formula is C66H128O17P2. The van der Waals surface area contributed by atoms with Crippen LogP contribution in [0.2, 0.25) is 0 Å². The maximum Gasteiger partial charge on any atom is 0.472 e. The van der Waals surface area contributed by atoms with Crippen molar-refractivity contribution in [3.05, 3.63) is 0 Å². The minimum Gasteiger partial charge on any atom is -0.462 e. The van der Waals surface area contributed by atoms with Gasteiger partial charge in [-0.1, -0.05) is 273 Å². The molecule has 0 radical (unpaired) electrons. The van der Waals surface area contributed by atoms with Crippen molar-refractivity contribution in [1.82, 2.24) is 0 Å². The Morgan fingerprint density at radius 1 is 0.318 bits per heavy atom. The van der Waals surface area contributed by atoms with Gasteiger partial charge in [0.2, 0.25) is 0 Å². The molecule has 0 aliphatic heterocycles. The third-order valence-electron chi connectivity index (χ3n) is 15.1. The van der Waals surface area contributed by atoms with E-state index in [1.54, 1.807) is 0 Å². The van der Waals surface area contributed by atoms with E-state index < -0.39 is 97.5 Å². The molecule has 0 spiro atoms. The van der Waals surface area contributed by atoms with E-state index in [0.717, 1.165) is 115 Å². The Kier molecular flexibility index (Phi) is 55.9. The highest BCUT2D eigenvalue weighted by Gasteiger charge is 2.30. The number of hydrogen-bond donors (Lipinski definition) is 3. The fourth-order valence-electron chi connectivity index (χ4n) is 9.83. The average molecular weight is 1260 g/mol. The van der Waals surface area contributed by atoms with Gasteiger partial charge < -0.3 is 33.8 Å². The molecule has 85 heavy (non-hydrogen) atoms. The summed E-state index contributed by atoms with van der Waals surface area (Å²) >= 11 is 0. The van der Waals surface area contributed by atoms with Crippen LogP contribution in [0.1, 0.15) is 325 Å². The molecule has 0 bridgehead atoms. The molecule has 17 nitrogen and oxygen atoms in total. The smallest absolute Gasteiger partial charge is 0.462 e. The first-order valence-electron chi connectivity index (χ1n) is 34.3. The lowest BCUT2D eigenvalue weighted by Crippen LogP contribution is -2.30. The summed E-state index contributed by atoms with van der Waals surface area (Å²) in [7, 11) is -9.89. The summed E-state index contributed by atoms with van der Waals surface area (Å²) in [6, 6.07) is 0. The Balaban J connectivity index is 5.21. The van der Waals surface area contributed by atoms with E-state index in [1.807, 2.05) is 0 Å². The number of esters is 4. The number of ether oxygens (including phenoxy) is 4. The summed E-state index contributed by atoms with van der Waals surface area (Å²) < 4.78 is 68.0. The SMILES string of the molecule is CCCCCCCCCC(=O)OC[C@H](COP(=O)(O)OC[C@H](O)COP(=O)(O)OC[C@@H](COC(=O)CCCCCCCCCCCCCC(C)C)OC(=O)CCCCCCCCCCCCCCC(C)C)OC(=O)CCCCCCCCC(C)C. The highest BCUT2D eigenvalue weighted by molar-refractivity contribution is 7.47.